The third-order valence-corrected chi connectivity index (χ3v) is 5.34. The van der Waals surface area contributed by atoms with Crippen molar-refractivity contribution in [2.75, 3.05) is 5.23 Å². The van der Waals surface area contributed by atoms with Crippen molar-refractivity contribution in [2.45, 2.75) is 23.9 Å². The molecule has 1 unspecified atom stereocenters. The highest BCUT2D eigenvalue weighted by molar-refractivity contribution is 6.37. The second kappa shape index (κ2) is 8.93. The van der Waals surface area contributed by atoms with Crippen molar-refractivity contribution in [1.82, 2.24) is 15.0 Å². The van der Waals surface area contributed by atoms with Crippen LogP contribution in [-0.2, 0) is 5.67 Å². The Bertz CT molecular complexity index is 1270. The Kier molecular flexibility index (Phi) is 6.89. The number of hydrogen-bond acceptors (Lipinski definition) is 5. The highest BCUT2D eigenvalue weighted by Gasteiger charge is 2.81. The Hall–Kier alpha value is -2.82. The first-order valence-electron chi connectivity index (χ1n) is 8.91. The van der Waals surface area contributed by atoms with Gasteiger partial charge in [-0.2, -0.15) is 35.1 Å². The van der Waals surface area contributed by atoms with Crippen LogP contribution >= 0.6 is 23.2 Å². The predicted octanol–water partition coefficient (Wildman–Crippen LogP) is 7.00. The molecule has 0 amide bonds. The van der Waals surface area contributed by atoms with E-state index in [2.05, 4.69) is 10.3 Å². The Labute approximate surface area is 202 Å². The van der Waals surface area contributed by atoms with Crippen molar-refractivity contribution < 1.29 is 49.1 Å². The monoisotopic (exact) mass is 571 g/mol. The minimum absolute atomic E-state index is 0.0407. The molecule has 0 bridgehead atoms. The van der Waals surface area contributed by atoms with Crippen molar-refractivity contribution in [3.05, 3.63) is 63.2 Å². The van der Waals surface area contributed by atoms with Crippen molar-refractivity contribution in [1.29, 1.82) is 0 Å². The zero-order valence-corrected chi connectivity index (χ0v) is 18.2. The van der Waals surface area contributed by atoms with E-state index in [-0.39, 0.29) is 23.4 Å². The predicted molar refractivity (Wildman–Crippen MR) is 104 cm³/mol. The molecule has 0 spiro atoms. The minimum atomic E-state index is -6.95. The first-order chi connectivity index (χ1) is 16.3. The molecule has 6 nitrogen and oxygen atoms in total. The maximum absolute atomic E-state index is 14.7. The molecule has 2 aromatic carbocycles. The van der Waals surface area contributed by atoms with Gasteiger partial charge in [-0.25, -0.2) is 13.5 Å². The summed E-state index contributed by atoms with van der Waals surface area (Å²) in [5.74, 6) is -8.06. The summed E-state index contributed by atoms with van der Waals surface area (Å²) in [7, 11) is 0. The Morgan fingerprint density at radius 1 is 0.889 bits per heavy atom. The standard InChI is InChI=1S/C18H7Cl2F10N4O2/c19-9-4-8(15(22,17(25,26)27)16(23,24)18(28,29)30)5-10(20)14(9)33-6-12(31-32-33)7-1-2-11(21)13(3-7)34(35)36/h1-6,35H/q-1. The van der Waals surface area contributed by atoms with Crippen LogP contribution in [-0.4, -0.2) is 38.5 Å². The normalized spacial score (nSPS) is 14.6. The molecule has 0 radical (unpaired) electrons. The second-order valence-electron chi connectivity index (χ2n) is 7.00. The van der Waals surface area contributed by atoms with E-state index in [9.17, 15) is 49.1 Å². The Morgan fingerprint density at radius 2 is 1.44 bits per heavy atom. The molecule has 0 saturated carbocycles. The van der Waals surface area contributed by atoms with Gasteiger partial charge >= 0.3 is 23.9 Å². The number of hydrogen-bond donors (Lipinski definition) is 1. The molecule has 18 heteroatoms. The molecule has 1 N–H and O–H groups in total. The molecule has 1 heterocycles. The zero-order valence-electron chi connectivity index (χ0n) is 16.6. The summed E-state index contributed by atoms with van der Waals surface area (Å²) in [6, 6.07) is 2.40. The van der Waals surface area contributed by atoms with Crippen LogP contribution in [0.3, 0.4) is 0 Å². The van der Waals surface area contributed by atoms with Crippen LogP contribution in [0.15, 0.2) is 36.5 Å². The summed E-state index contributed by atoms with van der Waals surface area (Å²) < 4.78 is 134. The first kappa shape index (κ1) is 27.8. The van der Waals surface area contributed by atoms with E-state index in [0.29, 0.717) is 4.68 Å². The van der Waals surface area contributed by atoms with E-state index in [1.807, 2.05) is 0 Å². The molecule has 1 atom stereocenters. The minimum Gasteiger partial charge on any atom is -0.733 e. The van der Waals surface area contributed by atoms with Crippen LogP contribution in [0.1, 0.15) is 5.56 Å². The second-order valence-corrected chi connectivity index (χ2v) is 7.82. The summed E-state index contributed by atoms with van der Waals surface area (Å²) >= 11 is 11.5. The van der Waals surface area contributed by atoms with Gasteiger partial charge in [-0.15, -0.1) is 5.10 Å². The number of halogens is 12. The molecule has 3 rings (SSSR count). The Balaban J connectivity index is 2.13. The van der Waals surface area contributed by atoms with Gasteiger partial charge in [0, 0.05) is 11.1 Å². The van der Waals surface area contributed by atoms with Crippen LogP contribution in [0, 0.1) is 11.0 Å². The third kappa shape index (κ3) is 4.42. The zero-order chi connectivity index (χ0) is 27.4. The van der Waals surface area contributed by atoms with Gasteiger partial charge in [0.1, 0.15) is 17.2 Å². The molecule has 3 aromatic rings. The largest absolute Gasteiger partial charge is 0.733 e. The fourth-order valence-electron chi connectivity index (χ4n) is 3.03. The number of aromatic nitrogens is 3. The van der Waals surface area contributed by atoms with E-state index >= 15 is 0 Å². The molecule has 0 saturated heterocycles. The van der Waals surface area contributed by atoms with Crippen LogP contribution in [0.4, 0.5) is 49.6 Å². The molecule has 0 aliphatic rings. The lowest BCUT2D eigenvalue weighted by atomic mass is 9.87. The molecule has 0 fully saturated rings. The van der Waals surface area contributed by atoms with Gasteiger partial charge in [-0.1, -0.05) is 28.4 Å². The van der Waals surface area contributed by atoms with Gasteiger partial charge in [0.05, 0.1) is 21.9 Å². The summed E-state index contributed by atoms with van der Waals surface area (Å²) in [5.41, 5.74) is -10.2. The lowest BCUT2D eigenvalue weighted by Gasteiger charge is -2.36. The number of benzene rings is 2. The first-order valence-corrected chi connectivity index (χ1v) is 9.67. The molecular weight excluding hydrogens is 565 g/mol. The molecule has 36 heavy (non-hydrogen) atoms. The third-order valence-electron chi connectivity index (χ3n) is 4.76. The number of anilines is 1. The van der Waals surface area contributed by atoms with Crippen molar-refractivity contribution >= 4 is 28.9 Å². The van der Waals surface area contributed by atoms with E-state index in [0.717, 1.165) is 24.4 Å². The average Bonchev–Trinajstić information content (AvgIpc) is 3.20. The van der Waals surface area contributed by atoms with Gasteiger partial charge in [0.25, 0.3) is 0 Å². The highest BCUT2D eigenvalue weighted by Crippen LogP contribution is 2.59. The van der Waals surface area contributed by atoms with Gasteiger partial charge in [0.15, 0.2) is 0 Å². The highest BCUT2D eigenvalue weighted by atomic mass is 35.5. The van der Waals surface area contributed by atoms with Crippen molar-refractivity contribution in [3.63, 3.8) is 0 Å². The number of alkyl halides is 9. The van der Waals surface area contributed by atoms with Crippen LogP contribution < -0.4 is 5.23 Å². The van der Waals surface area contributed by atoms with Crippen LogP contribution in [0.25, 0.3) is 16.9 Å². The van der Waals surface area contributed by atoms with Gasteiger partial charge < -0.3 is 10.4 Å². The maximum Gasteiger partial charge on any atom is 0.457 e. The molecule has 1 aromatic heterocycles. The lowest BCUT2D eigenvalue weighted by molar-refractivity contribution is -0.389. The average molecular weight is 572 g/mol. The quantitative estimate of drug-likeness (QED) is 0.263. The number of nitrogens with zero attached hydrogens (tertiary/aromatic N) is 4. The summed E-state index contributed by atoms with van der Waals surface area (Å²) in [4.78, 5) is 0. The van der Waals surface area contributed by atoms with Gasteiger partial charge in [-0.3, -0.25) is 5.21 Å². The summed E-state index contributed by atoms with van der Waals surface area (Å²) in [6.07, 6.45) is -12.8. The molecular formula is C18H7Cl2F10N4O2-. The summed E-state index contributed by atoms with van der Waals surface area (Å²) in [5, 5.41) is 24.2. The SMILES string of the molecule is [O-]N(O)c1cc(-c2cn(-c3c(Cl)cc(C(F)(C(F)(F)F)C(F)(F)C(F)(F)F)cc3Cl)nn2)ccc1F. The van der Waals surface area contributed by atoms with Crippen LogP contribution in [0.5, 0.6) is 0 Å². The smallest absolute Gasteiger partial charge is 0.457 e. The fourth-order valence-corrected chi connectivity index (χ4v) is 3.69. The molecule has 0 aliphatic heterocycles. The van der Waals surface area contributed by atoms with E-state index < -0.39 is 62.0 Å². The lowest BCUT2D eigenvalue weighted by Crippen LogP contribution is -2.59. The fraction of sp³-hybridized carbons (Fsp3) is 0.222. The summed E-state index contributed by atoms with van der Waals surface area (Å²) in [6.45, 7) is 0. The number of rotatable bonds is 5. The maximum atomic E-state index is 14.7. The molecule has 0 aliphatic carbocycles. The topological polar surface area (TPSA) is 77.2 Å². The van der Waals surface area contributed by atoms with Gasteiger partial charge in [-0.05, 0) is 30.3 Å². The van der Waals surface area contributed by atoms with Gasteiger partial charge in [0.2, 0.25) is 0 Å². The van der Waals surface area contributed by atoms with E-state index in [1.54, 1.807) is 0 Å². The van der Waals surface area contributed by atoms with E-state index in [4.69, 9.17) is 28.4 Å². The Morgan fingerprint density at radius 3 is 1.92 bits per heavy atom. The molecule has 196 valence electrons. The van der Waals surface area contributed by atoms with Crippen LogP contribution in [0.2, 0.25) is 10.0 Å². The van der Waals surface area contributed by atoms with Crippen molar-refractivity contribution in [2.24, 2.45) is 0 Å². The van der Waals surface area contributed by atoms with E-state index in [1.165, 1.54) is 0 Å². The van der Waals surface area contributed by atoms with Crippen molar-refractivity contribution in [3.8, 4) is 16.9 Å².